The highest BCUT2D eigenvalue weighted by Gasteiger charge is 2.25. The Balaban J connectivity index is 2.30. The molecule has 0 aliphatic carbocycles. The minimum absolute atomic E-state index is 0.0125. The van der Waals surface area contributed by atoms with Crippen molar-refractivity contribution in [1.82, 2.24) is 9.80 Å². The monoisotopic (exact) mass is 270 g/mol. The standard InChI is InChI=1S/C13H22N2O4/c1-3-4-7-14(2)13(18)15-8-5-11(6-9-15)19-10-12(16)17/h3,11H,1,4-10H2,2H3,(H,16,17). The summed E-state index contributed by atoms with van der Waals surface area (Å²) in [6.45, 7) is 5.26. The lowest BCUT2D eigenvalue weighted by Gasteiger charge is -2.34. The van der Waals surface area contributed by atoms with E-state index in [9.17, 15) is 9.59 Å². The number of carboxylic acids is 1. The van der Waals surface area contributed by atoms with Gasteiger partial charge >= 0.3 is 12.0 Å². The van der Waals surface area contributed by atoms with Crippen LogP contribution in [0.4, 0.5) is 4.79 Å². The summed E-state index contributed by atoms with van der Waals surface area (Å²) in [6, 6.07) is 0.0125. The number of urea groups is 1. The van der Waals surface area contributed by atoms with Crippen LogP contribution in [0.1, 0.15) is 19.3 Å². The molecule has 6 nitrogen and oxygen atoms in total. The highest BCUT2D eigenvalue weighted by Crippen LogP contribution is 2.15. The van der Waals surface area contributed by atoms with Crippen LogP contribution in [0.2, 0.25) is 0 Å². The van der Waals surface area contributed by atoms with Crippen LogP contribution in [0.5, 0.6) is 0 Å². The van der Waals surface area contributed by atoms with E-state index in [-0.39, 0.29) is 18.7 Å². The molecule has 1 aliphatic heterocycles. The number of carbonyl (C=O) groups excluding carboxylic acids is 1. The minimum Gasteiger partial charge on any atom is -0.480 e. The SMILES string of the molecule is C=CCCN(C)C(=O)N1CCC(OCC(=O)O)CC1. The Labute approximate surface area is 113 Å². The molecule has 0 unspecified atom stereocenters. The first-order valence-corrected chi connectivity index (χ1v) is 6.49. The molecule has 2 amide bonds. The smallest absolute Gasteiger partial charge is 0.329 e. The normalized spacial score (nSPS) is 16.2. The number of piperidine rings is 1. The Bertz CT molecular complexity index is 325. The molecular formula is C13H22N2O4. The van der Waals surface area contributed by atoms with Crippen molar-refractivity contribution in [3.8, 4) is 0 Å². The van der Waals surface area contributed by atoms with Crippen LogP contribution in [0, 0.1) is 0 Å². The fraction of sp³-hybridized carbons (Fsp3) is 0.692. The van der Waals surface area contributed by atoms with Gasteiger partial charge in [-0.1, -0.05) is 6.08 Å². The molecule has 6 heteroatoms. The van der Waals surface area contributed by atoms with Crippen LogP contribution in [0.25, 0.3) is 0 Å². The van der Waals surface area contributed by atoms with Gasteiger partial charge in [-0.3, -0.25) is 0 Å². The van der Waals surface area contributed by atoms with Gasteiger partial charge in [0, 0.05) is 26.7 Å². The molecule has 0 spiro atoms. The molecule has 1 fully saturated rings. The summed E-state index contributed by atoms with van der Waals surface area (Å²) in [6.07, 6.45) is 3.89. The maximum Gasteiger partial charge on any atom is 0.329 e. The van der Waals surface area contributed by atoms with Crippen LogP contribution >= 0.6 is 0 Å². The number of carbonyl (C=O) groups is 2. The molecule has 19 heavy (non-hydrogen) atoms. The first-order chi connectivity index (χ1) is 9.04. The second kappa shape index (κ2) is 7.78. The zero-order valence-corrected chi connectivity index (χ0v) is 11.4. The maximum atomic E-state index is 12.1. The van der Waals surface area contributed by atoms with Crippen molar-refractivity contribution in [1.29, 1.82) is 0 Å². The van der Waals surface area contributed by atoms with E-state index in [4.69, 9.17) is 9.84 Å². The summed E-state index contributed by atoms with van der Waals surface area (Å²) in [5, 5.41) is 8.54. The van der Waals surface area contributed by atoms with Crippen molar-refractivity contribution in [2.45, 2.75) is 25.4 Å². The maximum absolute atomic E-state index is 12.1. The zero-order valence-electron chi connectivity index (χ0n) is 11.4. The summed E-state index contributed by atoms with van der Waals surface area (Å²) in [7, 11) is 1.78. The molecule has 1 N–H and O–H groups in total. The molecule has 0 saturated carbocycles. The first kappa shape index (κ1) is 15.5. The second-order valence-corrected chi connectivity index (χ2v) is 4.67. The molecule has 0 aromatic carbocycles. The van der Waals surface area contributed by atoms with Gasteiger partial charge in [-0.05, 0) is 19.3 Å². The highest BCUT2D eigenvalue weighted by atomic mass is 16.5. The van der Waals surface area contributed by atoms with Crippen LogP contribution in [0.15, 0.2) is 12.7 Å². The zero-order chi connectivity index (χ0) is 14.3. The molecule has 0 atom stereocenters. The van der Waals surface area contributed by atoms with Gasteiger partial charge in [0.1, 0.15) is 6.61 Å². The molecule has 0 aromatic rings. The van der Waals surface area contributed by atoms with Gasteiger partial charge in [-0.15, -0.1) is 6.58 Å². The lowest BCUT2D eigenvalue weighted by molar-refractivity contribution is -0.145. The van der Waals surface area contributed by atoms with Gasteiger partial charge in [-0.2, -0.15) is 0 Å². The van der Waals surface area contributed by atoms with Gasteiger partial charge in [0.25, 0.3) is 0 Å². The molecular weight excluding hydrogens is 248 g/mol. The van der Waals surface area contributed by atoms with E-state index in [1.807, 2.05) is 0 Å². The number of carboxylic acid groups (broad SMARTS) is 1. The van der Waals surface area contributed by atoms with Gasteiger partial charge in [0.15, 0.2) is 0 Å². The summed E-state index contributed by atoms with van der Waals surface area (Å²) in [5.74, 6) is -0.956. The van der Waals surface area contributed by atoms with E-state index < -0.39 is 5.97 Å². The molecule has 0 bridgehead atoms. The summed E-state index contributed by atoms with van der Waals surface area (Å²) in [4.78, 5) is 25.9. The van der Waals surface area contributed by atoms with Gasteiger partial charge in [0.2, 0.25) is 0 Å². The van der Waals surface area contributed by atoms with Gasteiger partial charge < -0.3 is 19.6 Å². The number of hydrogen-bond acceptors (Lipinski definition) is 3. The number of nitrogens with zero attached hydrogens (tertiary/aromatic N) is 2. The molecule has 1 saturated heterocycles. The second-order valence-electron chi connectivity index (χ2n) is 4.67. The Morgan fingerprint density at radius 2 is 2.11 bits per heavy atom. The van der Waals surface area contributed by atoms with Crippen molar-refractivity contribution >= 4 is 12.0 Å². The van der Waals surface area contributed by atoms with Crippen molar-refractivity contribution in [3.05, 3.63) is 12.7 Å². The fourth-order valence-corrected chi connectivity index (χ4v) is 2.02. The lowest BCUT2D eigenvalue weighted by atomic mass is 10.1. The van der Waals surface area contributed by atoms with Crippen LogP contribution in [-0.4, -0.2) is 66.3 Å². The average Bonchev–Trinajstić information content (AvgIpc) is 2.42. The summed E-state index contributed by atoms with van der Waals surface area (Å²) < 4.78 is 5.23. The van der Waals surface area contributed by atoms with E-state index >= 15 is 0 Å². The number of aliphatic carboxylic acids is 1. The quantitative estimate of drug-likeness (QED) is 0.736. The Hall–Kier alpha value is -1.56. The molecule has 108 valence electrons. The molecule has 0 radical (unpaired) electrons. The summed E-state index contributed by atoms with van der Waals surface area (Å²) >= 11 is 0. The fourth-order valence-electron chi connectivity index (χ4n) is 2.02. The van der Waals surface area contributed by atoms with Crippen molar-refractivity contribution in [2.75, 3.05) is 33.3 Å². The molecule has 0 aromatic heterocycles. The third-order valence-electron chi connectivity index (χ3n) is 3.15. The topological polar surface area (TPSA) is 70.1 Å². The van der Waals surface area contributed by atoms with Gasteiger partial charge in [0.05, 0.1) is 6.10 Å². The minimum atomic E-state index is -0.956. The van der Waals surface area contributed by atoms with E-state index in [1.165, 1.54) is 0 Å². The highest BCUT2D eigenvalue weighted by molar-refractivity contribution is 5.74. The van der Waals surface area contributed by atoms with E-state index in [1.54, 1.807) is 22.9 Å². The predicted octanol–water partition coefficient (Wildman–Crippen LogP) is 1.18. The number of hydrogen-bond donors (Lipinski definition) is 1. The van der Waals surface area contributed by atoms with Crippen LogP contribution < -0.4 is 0 Å². The number of likely N-dealkylation sites (tertiary alicyclic amines) is 1. The van der Waals surface area contributed by atoms with Crippen LogP contribution in [-0.2, 0) is 9.53 Å². The largest absolute Gasteiger partial charge is 0.480 e. The number of amides is 2. The van der Waals surface area contributed by atoms with E-state index in [2.05, 4.69) is 6.58 Å². The third-order valence-corrected chi connectivity index (χ3v) is 3.15. The Morgan fingerprint density at radius 1 is 1.47 bits per heavy atom. The van der Waals surface area contributed by atoms with Gasteiger partial charge in [-0.25, -0.2) is 9.59 Å². The van der Waals surface area contributed by atoms with Crippen molar-refractivity contribution in [2.24, 2.45) is 0 Å². The lowest BCUT2D eigenvalue weighted by Crippen LogP contribution is -2.46. The predicted molar refractivity (Wildman–Crippen MR) is 71.0 cm³/mol. The number of rotatable bonds is 6. The van der Waals surface area contributed by atoms with E-state index in [0.717, 1.165) is 6.42 Å². The van der Waals surface area contributed by atoms with E-state index in [0.29, 0.717) is 32.5 Å². The van der Waals surface area contributed by atoms with Crippen LogP contribution in [0.3, 0.4) is 0 Å². The van der Waals surface area contributed by atoms with Crippen molar-refractivity contribution < 1.29 is 19.4 Å². The third kappa shape index (κ3) is 5.30. The Morgan fingerprint density at radius 3 is 2.63 bits per heavy atom. The molecule has 1 rings (SSSR count). The Kier molecular flexibility index (Phi) is 6.35. The molecule has 1 aliphatic rings. The average molecular weight is 270 g/mol. The number of ether oxygens (including phenoxy) is 1. The molecule has 1 heterocycles. The summed E-state index contributed by atoms with van der Waals surface area (Å²) in [5.41, 5.74) is 0. The van der Waals surface area contributed by atoms with Crippen molar-refractivity contribution in [3.63, 3.8) is 0 Å². The first-order valence-electron chi connectivity index (χ1n) is 6.49.